The van der Waals surface area contributed by atoms with E-state index in [1.807, 2.05) is 31.3 Å². The third-order valence-corrected chi connectivity index (χ3v) is 2.63. The Balaban J connectivity index is 2.10. The van der Waals surface area contributed by atoms with Crippen molar-refractivity contribution in [3.05, 3.63) is 24.4 Å². The highest BCUT2D eigenvalue weighted by molar-refractivity contribution is 5.42. The van der Waals surface area contributed by atoms with Crippen molar-refractivity contribution in [2.75, 3.05) is 11.9 Å². The summed E-state index contributed by atoms with van der Waals surface area (Å²) in [7, 11) is 0. The molecule has 0 amide bonds. The predicted molar refractivity (Wildman–Crippen MR) is 62.4 cm³/mol. The third-order valence-electron chi connectivity index (χ3n) is 2.63. The smallest absolute Gasteiger partial charge is 0.243 e. The molecule has 5 heteroatoms. The topological polar surface area (TPSA) is 62.5 Å². The Morgan fingerprint density at radius 3 is 3.00 bits per heavy atom. The molecular weight excluding hydrogens is 204 g/mol. The summed E-state index contributed by atoms with van der Waals surface area (Å²) in [5.41, 5.74) is 0.0680. The lowest BCUT2D eigenvalue weighted by Crippen LogP contribution is -2.32. The Labute approximate surface area is 94.1 Å². The normalized spacial score (nSPS) is 14.9. The van der Waals surface area contributed by atoms with Crippen molar-refractivity contribution < 1.29 is 5.11 Å². The van der Waals surface area contributed by atoms with E-state index in [1.165, 1.54) is 0 Å². The molecule has 1 atom stereocenters. The zero-order chi connectivity index (χ0) is 11.6. The Bertz CT molecular complexity index is 445. The van der Waals surface area contributed by atoms with E-state index >= 15 is 0 Å². The van der Waals surface area contributed by atoms with Crippen LogP contribution in [0.2, 0.25) is 0 Å². The van der Waals surface area contributed by atoms with E-state index in [0.29, 0.717) is 18.9 Å². The Kier molecular flexibility index (Phi) is 2.78. The van der Waals surface area contributed by atoms with Crippen LogP contribution in [-0.4, -0.2) is 31.9 Å². The number of rotatable bonds is 4. The van der Waals surface area contributed by atoms with Gasteiger partial charge in [-0.2, -0.15) is 4.98 Å². The molecule has 0 aliphatic heterocycles. The molecule has 86 valence electrons. The van der Waals surface area contributed by atoms with Crippen molar-refractivity contribution in [2.24, 2.45) is 0 Å². The summed E-state index contributed by atoms with van der Waals surface area (Å²) >= 11 is 0. The van der Waals surface area contributed by atoms with Gasteiger partial charge in [0, 0.05) is 12.7 Å². The maximum atomic E-state index is 9.83. The molecular formula is C11H16N4O. The molecule has 2 N–H and O–H groups in total. The van der Waals surface area contributed by atoms with Gasteiger partial charge in [-0.3, -0.25) is 0 Å². The molecule has 0 radical (unpaired) electrons. The second-order valence-corrected chi connectivity index (χ2v) is 4.14. The van der Waals surface area contributed by atoms with Crippen molar-refractivity contribution in [3.8, 4) is 0 Å². The van der Waals surface area contributed by atoms with Gasteiger partial charge in [-0.05, 0) is 25.5 Å². The quantitative estimate of drug-likeness (QED) is 0.815. The van der Waals surface area contributed by atoms with Gasteiger partial charge in [0.1, 0.15) is 0 Å². The summed E-state index contributed by atoms with van der Waals surface area (Å²) in [6.45, 7) is 4.18. The number of anilines is 1. The number of nitrogens with zero attached hydrogens (tertiary/aromatic N) is 3. The Morgan fingerprint density at radius 1 is 1.50 bits per heavy atom. The molecule has 2 rings (SSSR count). The van der Waals surface area contributed by atoms with Gasteiger partial charge in [0.05, 0.1) is 5.60 Å². The fraction of sp³-hybridized carbons (Fsp3) is 0.455. The molecule has 0 saturated carbocycles. The van der Waals surface area contributed by atoms with Crippen LogP contribution >= 0.6 is 0 Å². The van der Waals surface area contributed by atoms with E-state index in [4.69, 9.17) is 0 Å². The number of nitrogens with one attached hydrogen (secondary N) is 1. The minimum atomic E-state index is -0.725. The van der Waals surface area contributed by atoms with Crippen LogP contribution in [0.5, 0.6) is 0 Å². The van der Waals surface area contributed by atoms with E-state index in [-0.39, 0.29) is 0 Å². The second kappa shape index (κ2) is 4.09. The minimum absolute atomic E-state index is 0.445. The summed E-state index contributed by atoms with van der Waals surface area (Å²) in [6, 6.07) is 5.69. The summed E-state index contributed by atoms with van der Waals surface area (Å²) in [4.78, 5) is 4.28. The van der Waals surface area contributed by atoms with Crippen molar-refractivity contribution in [1.29, 1.82) is 0 Å². The number of pyridine rings is 1. The van der Waals surface area contributed by atoms with E-state index in [1.54, 1.807) is 11.4 Å². The lowest BCUT2D eigenvalue weighted by molar-refractivity contribution is 0.0696. The first kappa shape index (κ1) is 10.9. The summed E-state index contributed by atoms with van der Waals surface area (Å²) in [5, 5.41) is 17.1. The second-order valence-electron chi connectivity index (χ2n) is 4.14. The van der Waals surface area contributed by atoms with Crippen LogP contribution in [0.15, 0.2) is 24.4 Å². The van der Waals surface area contributed by atoms with Crippen molar-refractivity contribution in [3.63, 3.8) is 0 Å². The van der Waals surface area contributed by atoms with Gasteiger partial charge < -0.3 is 10.4 Å². The molecule has 0 bridgehead atoms. The molecule has 16 heavy (non-hydrogen) atoms. The molecule has 1 unspecified atom stereocenters. The van der Waals surface area contributed by atoms with Gasteiger partial charge in [0.2, 0.25) is 5.95 Å². The highest BCUT2D eigenvalue weighted by atomic mass is 16.3. The first-order valence-corrected chi connectivity index (χ1v) is 5.38. The lowest BCUT2D eigenvalue weighted by atomic mass is 10.0. The Hall–Kier alpha value is -1.62. The third kappa shape index (κ3) is 2.30. The van der Waals surface area contributed by atoms with E-state index < -0.39 is 5.60 Å². The highest BCUT2D eigenvalue weighted by Gasteiger charge is 2.17. The molecule has 2 aromatic heterocycles. The van der Waals surface area contributed by atoms with Crippen LogP contribution in [0.1, 0.15) is 20.3 Å². The van der Waals surface area contributed by atoms with E-state index in [9.17, 15) is 5.11 Å². The molecule has 5 nitrogen and oxygen atoms in total. The van der Waals surface area contributed by atoms with Crippen LogP contribution in [0.3, 0.4) is 0 Å². The molecule has 0 saturated heterocycles. The van der Waals surface area contributed by atoms with Crippen molar-refractivity contribution in [2.45, 2.75) is 25.9 Å². The molecule has 0 aliphatic carbocycles. The number of hydrogen-bond donors (Lipinski definition) is 2. The van der Waals surface area contributed by atoms with Crippen LogP contribution in [0.4, 0.5) is 5.95 Å². The number of fused-ring (bicyclic) bond motifs is 1. The van der Waals surface area contributed by atoms with Gasteiger partial charge in [-0.25, -0.2) is 4.52 Å². The maximum Gasteiger partial charge on any atom is 0.243 e. The zero-order valence-electron chi connectivity index (χ0n) is 9.51. The summed E-state index contributed by atoms with van der Waals surface area (Å²) < 4.78 is 1.70. The molecule has 2 aromatic rings. The fourth-order valence-electron chi connectivity index (χ4n) is 1.30. The first-order valence-electron chi connectivity index (χ1n) is 5.38. The molecule has 0 aliphatic rings. The molecule has 0 spiro atoms. The number of aromatic nitrogens is 3. The predicted octanol–water partition coefficient (Wildman–Crippen LogP) is 1.30. The zero-order valence-corrected chi connectivity index (χ0v) is 9.51. The highest BCUT2D eigenvalue weighted by Crippen LogP contribution is 2.10. The average Bonchev–Trinajstić information content (AvgIpc) is 2.69. The molecule has 2 heterocycles. The first-order chi connectivity index (χ1) is 7.61. The number of hydrogen-bond acceptors (Lipinski definition) is 4. The largest absolute Gasteiger partial charge is 0.388 e. The molecule has 0 aromatic carbocycles. The van der Waals surface area contributed by atoms with Crippen LogP contribution < -0.4 is 5.32 Å². The maximum absolute atomic E-state index is 9.83. The van der Waals surface area contributed by atoms with Gasteiger partial charge in [0.25, 0.3) is 0 Å². The number of aliphatic hydroxyl groups is 1. The SMILES string of the molecule is CCC(C)(O)CNc1nc2ccccn2n1. The van der Waals surface area contributed by atoms with Crippen molar-refractivity contribution >= 4 is 11.6 Å². The van der Waals surface area contributed by atoms with Crippen LogP contribution in [0, 0.1) is 0 Å². The van der Waals surface area contributed by atoms with Crippen molar-refractivity contribution in [1.82, 2.24) is 14.6 Å². The molecule has 0 fully saturated rings. The van der Waals surface area contributed by atoms with E-state index in [0.717, 1.165) is 5.65 Å². The summed E-state index contributed by atoms with van der Waals surface area (Å²) in [6.07, 6.45) is 2.53. The minimum Gasteiger partial charge on any atom is -0.388 e. The Morgan fingerprint density at radius 2 is 2.31 bits per heavy atom. The average molecular weight is 220 g/mol. The van der Waals surface area contributed by atoms with Crippen LogP contribution in [-0.2, 0) is 0 Å². The standard InChI is InChI=1S/C11H16N4O/c1-3-11(2,16)8-12-10-13-9-6-4-5-7-15(9)14-10/h4-7,16H,3,8H2,1-2H3,(H,12,14). The van der Waals surface area contributed by atoms with Gasteiger partial charge in [-0.15, -0.1) is 5.10 Å². The summed E-state index contributed by atoms with van der Waals surface area (Å²) in [5.74, 6) is 0.542. The van der Waals surface area contributed by atoms with Gasteiger partial charge >= 0.3 is 0 Å². The lowest BCUT2D eigenvalue weighted by Gasteiger charge is -2.20. The monoisotopic (exact) mass is 220 g/mol. The fourth-order valence-corrected chi connectivity index (χ4v) is 1.30. The van der Waals surface area contributed by atoms with E-state index in [2.05, 4.69) is 15.4 Å². The van der Waals surface area contributed by atoms with Crippen LogP contribution in [0.25, 0.3) is 5.65 Å². The van der Waals surface area contributed by atoms with Gasteiger partial charge in [-0.1, -0.05) is 13.0 Å². The van der Waals surface area contributed by atoms with Gasteiger partial charge in [0.15, 0.2) is 5.65 Å².